The topological polar surface area (TPSA) is 27.0 Å². The second-order valence-corrected chi connectivity index (χ2v) is 6.74. The van der Waals surface area contributed by atoms with Crippen molar-refractivity contribution in [1.82, 2.24) is 4.90 Å². The standard InChI is InChI=1S/C18H24N2/c1-15-12-16(13-19)4-5-17(15)14-20-10-8-18(9-11-20)6-2-3-7-18/h4-5,12H,2-3,6-11,14H2,1H3. The van der Waals surface area contributed by atoms with Crippen LogP contribution in [0.25, 0.3) is 0 Å². The van der Waals surface area contributed by atoms with Crippen molar-refractivity contribution in [2.45, 2.75) is 52.0 Å². The number of nitriles is 1. The maximum absolute atomic E-state index is 8.93. The minimum absolute atomic E-state index is 0.705. The Hall–Kier alpha value is -1.33. The predicted octanol–water partition coefficient (Wildman–Crippen LogP) is 4.02. The van der Waals surface area contributed by atoms with Gasteiger partial charge in [0.2, 0.25) is 0 Å². The molecule has 1 saturated carbocycles. The first-order valence-corrected chi connectivity index (χ1v) is 7.93. The number of nitrogens with zero attached hydrogens (tertiary/aromatic N) is 2. The highest BCUT2D eigenvalue weighted by molar-refractivity contribution is 5.37. The Morgan fingerprint density at radius 2 is 1.85 bits per heavy atom. The van der Waals surface area contributed by atoms with E-state index in [1.165, 1.54) is 62.7 Å². The SMILES string of the molecule is Cc1cc(C#N)ccc1CN1CCC2(CCCC2)CC1. The lowest BCUT2D eigenvalue weighted by atomic mass is 9.77. The molecule has 0 radical (unpaired) electrons. The zero-order chi connectivity index (χ0) is 14.0. The number of likely N-dealkylation sites (tertiary alicyclic amines) is 1. The summed E-state index contributed by atoms with van der Waals surface area (Å²) in [5.41, 5.74) is 4.11. The largest absolute Gasteiger partial charge is 0.299 e. The van der Waals surface area contributed by atoms with Crippen LogP contribution in [-0.2, 0) is 6.54 Å². The van der Waals surface area contributed by atoms with Gasteiger partial charge in [-0.3, -0.25) is 4.90 Å². The number of piperidine rings is 1. The van der Waals surface area contributed by atoms with Crippen molar-refractivity contribution < 1.29 is 0 Å². The van der Waals surface area contributed by atoms with E-state index >= 15 is 0 Å². The molecular weight excluding hydrogens is 244 g/mol. The Morgan fingerprint density at radius 1 is 1.15 bits per heavy atom. The van der Waals surface area contributed by atoms with Crippen molar-refractivity contribution in [2.24, 2.45) is 5.41 Å². The Bertz CT molecular complexity index is 511. The lowest BCUT2D eigenvalue weighted by molar-refractivity contribution is 0.103. The molecule has 2 aliphatic rings. The zero-order valence-electron chi connectivity index (χ0n) is 12.5. The Labute approximate surface area is 122 Å². The van der Waals surface area contributed by atoms with E-state index in [2.05, 4.69) is 24.0 Å². The van der Waals surface area contributed by atoms with Crippen LogP contribution >= 0.6 is 0 Å². The average Bonchev–Trinajstić information content (AvgIpc) is 2.92. The molecule has 0 bridgehead atoms. The molecule has 1 aliphatic carbocycles. The van der Waals surface area contributed by atoms with Crippen molar-refractivity contribution in [3.63, 3.8) is 0 Å². The lowest BCUT2D eigenvalue weighted by Crippen LogP contribution is -2.38. The van der Waals surface area contributed by atoms with Gasteiger partial charge < -0.3 is 0 Å². The van der Waals surface area contributed by atoms with Crippen LogP contribution in [0.3, 0.4) is 0 Å². The highest BCUT2D eigenvalue weighted by Crippen LogP contribution is 2.46. The van der Waals surface area contributed by atoms with Crippen molar-refractivity contribution in [3.8, 4) is 6.07 Å². The van der Waals surface area contributed by atoms with Gasteiger partial charge in [0.05, 0.1) is 11.6 Å². The fourth-order valence-electron chi connectivity index (χ4n) is 3.99. The third-order valence-electron chi connectivity index (χ3n) is 5.45. The molecular formula is C18H24N2. The van der Waals surface area contributed by atoms with E-state index in [4.69, 9.17) is 5.26 Å². The third kappa shape index (κ3) is 2.74. The van der Waals surface area contributed by atoms with Gasteiger partial charge in [0, 0.05) is 6.54 Å². The molecule has 0 amide bonds. The fourth-order valence-corrected chi connectivity index (χ4v) is 3.99. The van der Waals surface area contributed by atoms with Crippen LogP contribution in [0.1, 0.15) is 55.2 Å². The van der Waals surface area contributed by atoms with Crippen LogP contribution in [0.15, 0.2) is 18.2 Å². The Balaban J connectivity index is 1.61. The molecule has 0 aromatic heterocycles. The molecule has 1 spiro atoms. The first-order chi connectivity index (χ1) is 9.71. The highest BCUT2D eigenvalue weighted by Gasteiger charge is 2.36. The molecule has 106 valence electrons. The molecule has 0 N–H and O–H groups in total. The van der Waals surface area contributed by atoms with Crippen molar-refractivity contribution in [3.05, 3.63) is 34.9 Å². The molecule has 1 aromatic rings. The van der Waals surface area contributed by atoms with E-state index in [1.807, 2.05) is 12.1 Å². The molecule has 2 heteroatoms. The molecule has 3 rings (SSSR count). The fraction of sp³-hybridized carbons (Fsp3) is 0.611. The summed E-state index contributed by atoms with van der Waals surface area (Å²) in [5, 5.41) is 8.93. The highest BCUT2D eigenvalue weighted by atomic mass is 15.1. The van der Waals surface area contributed by atoms with E-state index in [1.54, 1.807) is 0 Å². The third-order valence-corrected chi connectivity index (χ3v) is 5.45. The van der Waals surface area contributed by atoms with E-state index in [0.717, 1.165) is 12.1 Å². The van der Waals surface area contributed by atoms with Gasteiger partial charge in [0.25, 0.3) is 0 Å². The lowest BCUT2D eigenvalue weighted by Gasteiger charge is -2.39. The van der Waals surface area contributed by atoms with Crippen molar-refractivity contribution >= 4 is 0 Å². The van der Waals surface area contributed by atoms with Gasteiger partial charge in [-0.1, -0.05) is 18.9 Å². The predicted molar refractivity (Wildman–Crippen MR) is 81.3 cm³/mol. The summed E-state index contributed by atoms with van der Waals surface area (Å²) in [4.78, 5) is 2.60. The van der Waals surface area contributed by atoms with E-state index in [-0.39, 0.29) is 0 Å². The zero-order valence-corrected chi connectivity index (χ0v) is 12.5. The van der Waals surface area contributed by atoms with Crippen LogP contribution in [0.4, 0.5) is 0 Å². The maximum Gasteiger partial charge on any atom is 0.0991 e. The van der Waals surface area contributed by atoms with Crippen LogP contribution in [0.2, 0.25) is 0 Å². The smallest absolute Gasteiger partial charge is 0.0991 e. The minimum atomic E-state index is 0.705. The molecule has 2 fully saturated rings. The number of benzene rings is 1. The molecule has 1 heterocycles. The summed E-state index contributed by atoms with van der Waals surface area (Å²) in [6.45, 7) is 5.67. The van der Waals surface area contributed by atoms with Crippen LogP contribution in [0, 0.1) is 23.7 Å². The Kier molecular flexibility index (Phi) is 3.81. The normalized spacial score (nSPS) is 22.0. The van der Waals surface area contributed by atoms with Crippen LogP contribution in [-0.4, -0.2) is 18.0 Å². The minimum Gasteiger partial charge on any atom is -0.299 e. The monoisotopic (exact) mass is 268 g/mol. The van der Waals surface area contributed by atoms with E-state index in [9.17, 15) is 0 Å². The molecule has 0 atom stereocenters. The summed E-state index contributed by atoms with van der Waals surface area (Å²) >= 11 is 0. The quantitative estimate of drug-likeness (QED) is 0.810. The maximum atomic E-state index is 8.93. The molecule has 1 saturated heterocycles. The summed E-state index contributed by atoms with van der Waals surface area (Å²) in [6.07, 6.45) is 8.63. The second-order valence-electron chi connectivity index (χ2n) is 6.74. The first kappa shape index (κ1) is 13.6. The summed E-state index contributed by atoms with van der Waals surface area (Å²) < 4.78 is 0. The van der Waals surface area contributed by atoms with Gasteiger partial charge in [-0.25, -0.2) is 0 Å². The summed E-state index contributed by atoms with van der Waals surface area (Å²) in [6, 6.07) is 8.31. The van der Waals surface area contributed by atoms with Gasteiger partial charge in [-0.05, 0) is 74.4 Å². The number of hydrogen-bond acceptors (Lipinski definition) is 2. The molecule has 1 aromatic carbocycles. The number of aryl methyl sites for hydroxylation is 1. The van der Waals surface area contributed by atoms with Crippen LogP contribution < -0.4 is 0 Å². The number of rotatable bonds is 2. The van der Waals surface area contributed by atoms with E-state index in [0.29, 0.717) is 5.41 Å². The second kappa shape index (κ2) is 5.58. The van der Waals surface area contributed by atoms with Gasteiger partial charge >= 0.3 is 0 Å². The van der Waals surface area contributed by atoms with Crippen molar-refractivity contribution in [1.29, 1.82) is 5.26 Å². The average molecular weight is 268 g/mol. The van der Waals surface area contributed by atoms with Gasteiger partial charge in [0.1, 0.15) is 0 Å². The summed E-state index contributed by atoms with van der Waals surface area (Å²) in [5.74, 6) is 0. The molecule has 0 unspecified atom stereocenters. The molecule has 2 nitrogen and oxygen atoms in total. The summed E-state index contributed by atoms with van der Waals surface area (Å²) in [7, 11) is 0. The number of hydrogen-bond donors (Lipinski definition) is 0. The van der Waals surface area contributed by atoms with E-state index < -0.39 is 0 Å². The Morgan fingerprint density at radius 3 is 2.45 bits per heavy atom. The van der Waals surface area contributed by atoms with Gasteiger partial charge in [-0.2, -0.15) is 5.26 Å². The molecule has 20 heavy (non-hydrogen) atoms. The molecule has 1 aliphatic heterocycles. The van der Waals surface area contributed by atoms with Gasteiger partial charge in [0.15, 0.2) is 0 Å². The van der Waals surface area contributed by atoms with Crippen LogP contribution in [0.5, 0.6) is 0 Å². The first-order valence-electron chi connectivity index (χ1n) is 7.93. The van der Waals surface area contributed by atoms with Gasteiger partial charge in [-0.15, -0.1) is 0 Å². The van der Waals surface area contributed by atoms with Crippen molar-refractivity contribution in [2.75, 3.05) is 13.1 Å².